The minimum atomic E-state index is -0.103. The summed E-state index contributed by atoms with van der Waals surface area (Å²) in [6.45, 7) is 6.76. The molecule has 0 aliphatic heterocycles. The van der Waals surface area contributed by atoms with E-state index in [1.165, 1.54) is 15.8 Å². The number of aryl methyl sites for hydroxylation is 2. The van der Waals surface area contributed by atoms with Crippen LogP contribution in [0.5, 0.6) is 0 Å². The Labute approximate surface area is 168 Å². The molecule has 0 N–H and O–H groups in total. The predicted molar refractivity (Wildman–Crippen MR) is 114 cm³/mol. The number of fused-ring (bicyclic) bond motifs is 3. The number of amides is 1. The molecule has 0 radical (unpaired) electrons. The van der Waals surface area contributed by atoms with Gasteiger partial charge in [-0.15, -0.1) is 11.3 Å². The summed E-state index contributed by atoms with van der Waals surface area (Å²) in [5.41, 5.74) is 3.02. The second kappa shape index (κ2) is 7.51. The molecule has 5 nitrogen and oxygen atoms in total. The van der Waals surface area contributed by atoms with E-state index in [0.29, 0.717) is 12.5 Å². The van der Waals surface area contributed by atoms with Gasteiger partial charge in [0.2, 0.25) is 5.91 Å². The van der Waals surface area contributed by atoms with Crippen LogP contribution in [0.4, 0.5) is 5.69 Å². The van der Waals surface area contributed by atoms with E-state index in [9.17, 15) is 9.59 Å². The van der Waals surface area contributed by atoms with Gasteiger partial charge in [-0.25, -0.2) is 4.98 Å². The van der Waals surface area contributed by atoms with Crippen LogP contribution in [0.1, 0.15) is 36.3 Å². The maximum atomic E-state index is 13.1. The van der Waals surface area contributed by atoms with E-state index in [4.69, 9.17) is 0 Å². The Morgan fingerprint density at radius 1 is 1.39 bits per heavy atom. The van der Waals surface area contributed by atoms with Gasteiger partial charge in [0.1, 0.15) is 11.4 Å². The SMILES string of the molecule is CCN(C(=O)Cn1cnc2sc3c(c2c1=O)CC[C@@H](C)C3)c1cccc(C)c1. The zero-order chi connectivity index (χ0) is 19.8. The van der Waals surface area contributed by atoms with Crippen molar-refractivity contribution >= 4 is 33.1 Å². The molecule has 28 heavy (non-hydrogen) atoms. The first-order chi connectivity index (χ1) is 13.5. The number of hydrogen-bond acceptors (Lipinski definition) is 4. The lowest BCUT2D eigenvalue weighted by Gasteiger charge is -2.22. The highest BCUT2D eigenvalue weighted by molar-refractivity contribution is 7.18. The largest absolute Gasteiger partial charge is 0.311 e. The molecule has 4 rings (SSSR count). The van der Waals surface area contributed by atoms with E-state index in [-0.39, 0.29) is 18.0 Å². The van der Waals surface area contributed by atoms with Gasteiger partial charge >= 0.3 is 0 Å². The fourth-order valence-electron chi connectivity index (χ4n) is 4.01. The Morgan fingerprint density at radius 3 is 2.96 bits per heavy atom. The standard InChI is InChI=1S/C22H25N3O2S/c1-4-25(16-7-5-6-14(2)10-16)19(26)12-24-13-23-21-20(22(24)27)17-9-8-15(3)11-18(17)28-21/h5-7,10,13,15H,4,8-9,11-12H2,1-3H3/t15-/m1/s1. The number of hydrogen-bond donors (Lipinski definition) is 0. The topological polar surface area (TPSA) is 55.2 Å². The minimum Gasteiger partial charge on any atom is -0.311 e. The second-order valence-electron chi connectivity index (χ2n) is 7.69. The van der Waals surface area contributed by atoms with E-state index in [0.717, 1.165) is 46.3 Å². The van der Waals surface area contributed by atoms with Crippen molar-refractivity contribution in [2.24, 2.45) is 5.92 Å². The Hall–Kier alpha value is -2.47. The van der Waals surface area contributed by atoms with Gasteiger partial charge in [-0.1, -0.05) is 19.1 Å². The van der Waals surface area contributed by atoms with E-state index in [2.05, 4.69) is 11.9 Å². The molecular weight excluding hydrogens is 370 g/mol. The third-order valence-electron chi connectivity index (χ3n) is 5.52. The van der Waals surface area contributed by atoms with E-state index < -0.39 is 0 Å². The normalized spacial score (nSPS) is 16.2. The van der Waals surface area contributed by atoms with Crippen LogP contribution in [-0.2, 0) is 24.2 Å². The third kappa shape index (κ3) is 3.37. The number of carbonyl (C=O) groups is 1. The van der Waals surface area contributed by atoms with Crippen LogP contribution in [0.3, 0.4) is 0 Å². The van der Waals surface area contributed by atoms with Gasteiger partial charge < -0.3 is 4.90 Å². The summed E-state index contributed by atoms with van der Waals surface area (Å²) in [4.78, 5) is 34.4. The molecule has 2 heterocycles. The van der Waals surface area contributed by atoms with Gasteiger partial charge in [-0.2, -0.15) is 0 Å². The van der Waals surface area contributed by atoms with Crippen LogP contribution in [0.25, 0.3) is 10.2 Å². The lowest BCUT2D eigenvalue weighted by atomic mass is 9.89. The van der Waals surface area contributed by atoms with Crippen LogP contribution < -0.4 is 10.5 Å². The van der Waals surface area contributed by atoms with Crippen molar-refractivity contribution in [3.8, 4) is 0 Å². The summed E-state index contributed by atoms with van der Waals surface area (Å²) in [6, 6.07) is 7.86. The number of anilines is 1. The van der Waals surface area contributed by atoms with Crippen molar-refractivity contribution in [2.45, 2.75) is 46.6 Å². The minimum absolute atomic E-state index is 0.00454. The van der Waals surface area contributed by atoms with E-state index >= 15 is 0 Å². The monoisotopic (exact) mass is 395 g/mol. The fourth-order valence-corrected chi connectivity index (χ4v) is 5.35. The maximum Gasteiger partial charge on any atom is 0.262 e. The zero-order valence-electron chi connectivity index (χ0n) is 16.6. The average Bonchev–Trinajstić information content (AvgIpc) is 3.03. The van der Waals surface area contributed by atoms with Crippen LogP contribution in [0, 0.1) is 12.8 Å². The Morgan fingerprint density at radius 2 is 2.21 bits per heavy atom. The van der Waals surface area contributed by atoms with Gasteiger partial charge in [0.15, 0.2) is 0 Å². The predicted octanol–water partition coefficient (Wildman–Crippen LogP) is 3.94. The molecule has 0 bridgehead atoms. The molecule has 0 spiro atoms. The smallest absolute Gasteiger partial charge is 0.262 e. The number of thiophene rings is 1. The number of aromatic nitrogens is 2. The molecule has 1 atom stereocenters. The summed E-state index contributed by atoms with van der Waals surface area (Å²) < 4.78 is 1.47. The van der Waals surface area contributed by atoms with Crippen LogP contribution in [0.2, 0.25) is 0 Å². The van der Waals surface area contributed by atoms with Gasteiger partial charge in [0.05, 0.1) is 11.7 Å². The molecule has 1 aliphatic rings. The number of benzene rings is 1. The lowest BCUT2D eigenvalue weighted by molar-refractivity contribution is -0.119. The molecule has 0 fully saturated rings. The molecule has 0 saturated heterocycles. The van der Waals surface area contributed by atoms with Crippen LogP contribution >= 0.6 is 11.3 Å². The highest BCUT2D eigenvalue weighted by Gasteiger charge is 2.24. The van der Waals surface area contributed by atoms with Crippen molar-refractivity contribution in [2.75, 3.05) is 11.4 Å². The summed E-state index contributed by atoms with van der Waals surface area (Å²) in [6.07, 6.45) is 4.57. The molecule has 1 aliphatic carbocycles. The molecule has 2 aromatic heterocycles. The maximum absolute atomic E-state index is 13.1. The number of nitrogens with zero attached hydrogens (tertiary/aromatic N) is 3. The molecule has 1 amide bonds. The molecule has 1 aromatic carbocycles. The summed E-state index contributed by atoms with van der Waals surface area (Å²) in [5, 5.41) is 0.723. The number of rotatable bonds is 4. The van der Waals surface area contributed by atoms with Crippen molar-refractivity contribution in [3.63, 3.8) is 0 Å². The fraction of sp³-hybridized carbons (Fsp3) is 0.409. The number of likely N-dealkylation sites (N-methyl/N-ethyl adjacent to an activating group) is 1. The molecule has 3 aromatic rings. The van der Waals surface area contributed by atoms with Crippen molar-refractivity contribution < 1.29 is 4.79 Å². The summed E-state index contributed by atoms with van der Waals surface area (Å²) in [7, 11) is 0. The van der Waals surface area contributed by atoms with Gasteiger partial charge in [-0.3, -0.25) is 14.2 Å². The average molecular weight is 396 g/mol. The quantitative estimate of drug-likeness (QED) is 0.672. The summed E-state index contributed by atoms with van der Waals surface area (Å²) in [5.74, 6) is 0.547. The molecule has 6 heteroatoms. The number of carbonyl (C=O) groups excluding carboxylic acids is 1. The molecular formula is C22H25N3O2S. The van der Waals surface area contributed by atoms with E-state index in [1.807, 2.05) is 38.1 Å². The van der Waals surface area contributed by atoms with Crippen LogP contribution in [-0.4, -0.2) is 22.0 Å². The van der Waals surface area contributed by atoms with Crippen molar-refractivity contribution in [3.05, 3.63) is 57.0 Å². The first kappa shape index (κ1) is 18.9. The zero-order valence-corrected chi connectivity index (χ0v) is 17.4. The van der Waals surface area contributed by atoms with Crippen molar-refractivity contribution in [1.29, 1.82) is 0 Å². The second-order valence-corrected chi connectivity index (χ2v) is 8.77. The highest BCUT2D eigenvalue weighted by atomic mass is 32.1. The molecule has 0 saturated carbocycles. The lowest BCUT2D eigenvalue weighted by Crippen LogP contribution is -2.36. The molecule has 0 unspecified atom stereocenters. The van der Waals surface area contributed by atoms with Crippen molar-refractivity contribution in [1.82, 2.24) is 9.55 Å². The third-order valence-corrected chi connectivity index (χ3v) is 6.68. The Bertz CT molecular complexity index is 1100. The van der Waals surface area contributed by atoms with Gasteiger partial charge in [0, 0.05) is 17.1 Å². The van der Waals surface area contributed by atoms with Gasteiger partial charge in [-0.05, 0) is 62.3 Å². The van der Waals surface area contributed by atoms with Crippen LogP contribution in [0.15, 0.2) is 35.4 Å². The first-order valence-electron chi connectivity index (χ1n) is 9.84. The van der Waals surface area contributed by atoms with E-state index in [1.54, 1.807) is 16.2 Å². The Kier molecular flexibility index (Phi) is 5.06. The summed E-state index contributed by atoms with van der Waals surface area (Å²) >= 11 is 1.63. The van der Waals surface area contributed by atoms with Gasteiger partial charge in [0.25, 0.3) is 5.56 Å². The Balaban J connectivity index is 1.67. The molecule has 146 valence electrons. The highest BCUT2D eigenvalue weighted by Crippen LogP contribution is 2.35. The first-order valence-corrected chi connectivity index (χ1v) is 10.7.